The van der Waals surface area contributed by atoms with Gasteiger partial charge in [-0.2, -0.15) is 0 Å². The number of para-hydroxylation sites is 1. The first-order chi connectivity index (χ1) is 5.61. The molecule has 0 spiro atoms. The van der Waals surface area contributed by atoms with E-state index in [1.807, 2.05) is 5.32 Å². The van der Waals surface area contributed by atoms with E-state index in [9.17, 15) is 4.79 Å². The summed E-state index contributed by atoms with van der Waals surface area (Å²) < 4.78 is 0. The van der Waals surface area contributed by atoms with E-state index >= 15 is 0 Å². The lowest BCUT2D eigenvalue weighted by Gasteiger charge is -2.04. The SMILES string of the molecule is O=C(O)Nc1c(O)cccc1O. The van der Waals surface area contributed by atoms with Gasteiger partial charge in [0.1, 0.15) is 17.2 Å². The lowest BCUT2D eigenvalue weighted by atomic mass is 10.2. The molecule has 0 bridgehead atoms. The zero-order valence-corrected chi connectivity index (χ0v) is 5.98. The second-order valence-electron chi connectivity index (χ2n) is 2.10. The van der Waals surface area contributed by atoms with E-state index < -0.39 is 6.09 Å². The molecule has 0 saturated heterocycles. The summed E-state index contributed by atoms with van der Waals surface area (Å²) in [6.07, 6.45) is -1.34. The fraction of sp³-hybridized carbons (Fsp3) is 0. The maximum atomic E-state index is 10.1. The van der Waals surface area contributed by atoms with Crippen LogP contribution in [0.5, 0.6) is 11.5 Å². The van der Waals surface area contributed by atoms with Crippen LogP contribution in [-0.2, 0) is 0 Å². The fourth-order valence-corrected chi connectivity index (χ4v) is 0.763. The molecule has 0 aromatic heterocycles. The van der Waals surface area contributed by atoms with E-state index in [0.717, 1.165) is 0 Å². The van der Waals surface area contributed by atoms with Crippen LogP contribution < -0.4 is 5.32 Å². The second-order valence-corrected chi connectivity index (χ2v) is 2.10. The number of phenolic OH excluding ortho intramolecular Hbond substituents is 2. The number of benzene rings is 1. The predicted molar refractivity (Wildman–Crippen MR) is 41.4 cm³/mol. The second kappa shape index (κ2) is 3.00. The first-order valence-electron chi connectivity index (χ1n) is 3.12. The van der Waals surface area contributed by atoms with Gasteiger partial charge in [0.25, 0.3) is 0 Å². The third-order valence-electron chi connectivity index (χ3n) is 1.25. The van der Waals surface area contributed by atoms with E-state index in [2.05, 4.69) is 0 Å². The summed E-state index contributed by atoms with van der Waals surface area (Å²) in [5.74, 6) is -0.616. The molecule has 4 N–H and O–H groups in total. The lowest BCUT2D eigenvalue weighted by Crippen LogP contribution is -2.07. The normalized spacial score (nSPS) is 9.33. The highest BCUT2D eigenvalue weighted by atomic mass is 16.4. The smallest absolute Gasteiger partial charge is 0.409 e. The van der Waals surface area contributed by atoms with Crippen LogP contribution >= 0.6 is 0 Å². The van der Waals surface area contributed by atoms with Crippen molar-refractivity contribution >= 4 is 11.8 Å². The molecule has 0 aliphatic rings. The number of aromatic hydroxyl groups is 2. The maximum absolute atomic E-state index is 10.1. The van der Waals surface area contributed by atoms with Gasteiger partial charge >= 0.3 is 6.09 Å². The van der Waals surface area contributed by atoms with Gasteiger partial charge in [-0.15, -0.1) is 0 Å². The molecule has 0 fully saturated rings. The van der Waals surface area contributed by atoms with Gasteiger partial charge in [0.15, 0.2) is 0 Å². The van der Waals surface area contributed by atoms with Crippen molar-refractivity contribution < 1.29 is 20.1 Å². The summed E-state index contributed by atoms with van der Waals surface area (Å²) in [5.41, 5.74) is -0.204. The van der Waals surface area contributed by atoms with Gasteiger partial charge in [-0.1, -0.05) is 6.07 Å². The van der Waals surface area contributed by atoms with Gasteiger partial charge < -0.3 is 15.3 Å². The van der Waals surface area contributed by atoms with Crippen molar-refractivity contribution in [1.82, 2.24) is 0 Å². The van der Waals surface area contributed by atoms with E-state index in [1.165, 1.54) is 18.2 Å². The molecular formula is C7H7NO4. The Morgan fingerprint density at radius 2 is 1.75 bits per heavy atom. The van der Waals surface area contributed by atoms with Crippen LogP contribution in [0.4, 0.5) is 10.5 Å². The Bertz CT molecular complexity index is 290. The summed E-state index contributed by atoms with van der Waals surface area (Å²) >= 11 is 0. The van der Waals surface area contributed by atoms with Crippen molar-refractivity contribution in [2.24, 2.45) is 0 Å². The van der Waals surface area contributed by atoms with E-state index in [0.29, 0.717) is 0 Å². The van der Waals surface area contributed by atoms with Crippen LogP contribution in [0.3, 0.4) is 0 Å². The monoisotopic (exact) mass is 169 g/mol. The summed E-state index contributed by atoms with van der Waals surface area (Å²) in [7, 11) is 0. The van der Waals surface area contributed by atoms with Crippen molar-refractivity contribution in [1.29, 1.82) is 0 Å². The minimum absolute atomic E-state index is 0.204. The number of amides is 1. The van der Waals surface area contributed by atoms with Crippen molar-refractivity contribution in [2.75, 3.05) is 5.32 Å². The van der Waals surface area contributed by atoms with Gasteiger partial charge in [-0.05, 0) is 12.1 Å². The molecule has 1 aromatic carbocycles. The molecule has 0 aliphatic heterocycles. The van der Waals surface area contributed by atoms with Gasteiger partial charge in [0.2, 0.25) is 0 Å². The van der Waals surface area contributed by atoms with E-state index in [1.54, 1.807) is 0 Å². The Hall–Kier alpha value is -1.91. The standard InChI is InChI=1S/C7H7NO4/c9-4-2-1-3-5(10)6(4)8-7(11)12/h1-3,8-10H,(H,11,12). The van der Waals surface area contributed by atoms with Crippen molar-refractivity contribution in [2.45, 2.75) is 0 Å². The van der Waals surface area contributed by atoms with Gasteiger partial charge in [0.05, 0.1) is 0 Å². The molecule has 5 nitrogen and oxygen atoms in total. The molecule has 0 radical (unpaired) electrons. The third kappa shape index (κ3) is 1.57. The molecular weight excluding hydrogens is 162 g/mol. The molecule has 0 heterocycles. The lowest BCUT2D eigenvalue weighted by molar-refractivity contribution is 0.209. The minimum atomic E-state index is -1.34. The first-order valence-corrected chi connectivity index (χ1v) is 3.12. The number of hydrogen-bond acceptors (Lipinski definition) is 3. The zero-order chi connectivity index (χ0) is 9.14. The van der Waals surface area contributed by atoms with Gasteiger partial charge in [-0.25, -0.2) is 4.79 Å². The summed E-state index contributed by atoms with van der Waals surface area (Å²) in [6, 6.07) is 3.94. The Kier molecular flexibility index (Phi) is 2.05. The Labute approximate surface area is 67.9 Å². The highest BCUT2D eigenvalue weighted by Gasteiger charge is 2.08. The van der Waals surface area contributed by atoms with Crippen LogP contribution in [0.1, 0.15) is 0 Å². The Balaban J connectivity index is 3.04. The van der Waals surface area contributed by atoms with Crippen LogP contribution in [-0.4, -0.2) is 21.4 Å². The van der Waals surface area contributed by atoms with Crippen molar-refractivity contribution in [3.8, 4) is 11.5 Å². The number of carboxylic acid groups (broad SMARTS) is 1. The number of rotatable bonds is 1. The molecule has 64 valence electrons. The fourth-order valence-electron chi connectivity index (χ4n) is 0.763. The van der Waals surface area contributed by atoms with Crippen LogP contribution in [0.2, 0.25) is 0 Å². The summed E-state index contributed by atoms with van der Waals surface area (Å²) in [4.78, 5) is 10.1. The highest BCUT2D eigenvalue weighted by Crippen LogP contribution is 2.31. The summed E-state index contributed by atoms with van der Waals surface area (Å²) in [6.45, 7) is 0. The minimum Gasteiger partial charge on any atom is -0.506 e. The molecule has 0 atom stereocenters. The zero-order valence-electron chi connectivity index (χ0n) is 5.98. The quantitative estimate of drug-likeness (QED) is 0.475. The molecule has 0 aliphatic carbocycles. The Morgan fingerprint density at radius 1 is 1.25 bits per heavy atom. The number of phenols is 2. The van der Waals surface area contributed by atoms with Gasteiger partial charge in [0, 0.05) is 0 Å². The topological polar surface area (TPSA) is 89.8 Å². The molecule has 1 aromatic rings. The molecule has 5 heteroatoms. The molecule has 0 saturated carbocycles. The summed E-state index contributed by atoms with van der Waals surface area (Å²) in [5, 5.41) is 28.2. The third-order valence-corrected chi connectivity index (χ3v) is 1.25. The Morgan fingerprint density at radius 3 is 2.17 bits per heavy atom. The predicted octanol–water partition coefficient (Wildman–Crippen LogP) is 1.19. The maximum Gasteiger partial charge on any atom is 0.409 e. The molecule has 1 amide bonds. The number of nitrogens with one attached hydrogen (secondary N) is 1. The number of carbonyl (C=O) groups is 1. The average Bonchev–Trinajstić information content (AvgIpc) is 1.97. The number of anilines is 1. The van der Waals surface area contributed by atoms with E-state index in [4.69, 9.17) is 15.3 Å². The molecule has 12 heavy (non-hydrogen) atoms. The van der Waals surface area contributed by atoms with E-state index in [-0.39, 0.29) is 17.2 Å². The molecule has 0 unspecified atom stereocenters. The highest BCUT2D eigenvalue weighted by molar-refractivity contribution is 5.87. The number of hydrogen-bond donors (Lipinski definition) is 4. The first kappa shape index (κ1) is 8.19. The largest absolute Gasteiger partial charge is 0.506 e. The van der Waals surface area contributed by atoms with Crippen LogP contribution in [0.15, 0.2) is 18.2 Å². The van der Waals surface area contributed by atoms with Crippen molar-refractivity contribution in [3.63, 3.8) is 0 Å². The van der Waals surface area contributed by atoms with Crippen molar-refractivity contribution in [3.05, 3.63) is 18.2 Å². The average molecular weight is 169 g/mol. The van der Waals surface area contributed by atoms with Crippen LogP contribution in [0.25, 0.3) is 0 Å². The van der Waals surface area contributed by atoms with Gasteiger partial charge in [-0.3, -0.25) is 5.32 Å². The molecule has 1 rings (SSSR count). The van der Waals surface area contributed by atoms with Crippen LogP contribution in [0, 0.1) is 0 Å².